The highest BCUT2D eigenvalue weighted by Gasteiger charge is 2.07. The Morgan fingerprint density at radius 2 is 2.50 bits per heavy atom. The number of carbonyl (C=O) groups is 1. The standard InChI is InChI=1S/C9H16N4O/c1-7(10)8-5-12-6-13(8)4-3-9(14)11-2/h5-7H,3-4,10H2,1-2H3,(H,11,14). The van der Waals surface area contributed by atoms with Crippen LogP contribution in [0.2, 0.25) is 0 Å². The van der Waals surface area contributed by atoms with Gasteiger partial charge in [0.2, 0.25) is 5.91 Å². The fraction of sp³-hybridized carbons (Fsp3) is 0.556. The van der Waals surface area contributed by atoms with E-state index in [1.165, 1.54) is 0 Å². The van der Waals surface area contributed by atoms with E-state index in [1.807, 2.05) is 11.5 Å². The van der Waals surface area contributed by atoms with Gasteiger partial charge in [-0.15, -0.1) is 0 Å². The number of nitrogens with zero attached hydrogens (tertiary/aromatic N) is 2. The van der Waals surface area contributed by atoms with Crippen LogP contribution in [0, 0.1) is 0 Å². The van der Waals surface area contributed by atoms with Crippen LogP contribution in [-0.4, -0.2) is 22.5 Å². The highest BCUT2D eigenvalue weighted by Crippen LogP contribution is 2.08. The zero-order chi connectivity index (χ0) is 10.6. The molecule has 0 saturated heterocycles. The van der Waals surface area contributed by atoms with Gasteiger partial charge in [0, 0.05) is 32.3 Å². The molecule has 3 N–H and O–H groups in total. The maximum atomic E-state index is 11.0. The van der Waals surface area contributed by atoms with Gasteiger partial charge < -0.3 is 15.6 Å². The molecule has 5 nitrogen and oxygen atoms in total. The molecule has 0 bridgehead atoms. The molecule has 78 valence electrons. The van der Waals surface area contributed by atoms with Gasteiger partial charge in [-0.05, 0) is 6.92 Å². The molecule has 14 heavy (non-hydrogen) atoms. The fourth-order valence-electron chi connectivity index (χ4n) is 1.24. The minimum absolute atomic E-state index is 0.0225. The van der Waals surface area contributed by atoms with Crippen LogP contribution in [0.5, 0.6) is 0 Å². The molecule has 1 aromatic heterocycles. The highest BCUT2D eigenvalue weighted by atomic mass is 16.1. The highest BCUT2D eigenvalue weighted by molar-refractivity contribution is 5.75. The Balaban J connectivity index is 2.58. The van der Waals surface area contributed by atoms with E-state index in [1.54, 1.807) is 19.6 Å². The normalized spacial score (nSPS) is 12.5. The monoisotopic (exact) mass is 196 g/mol. The van der Waals surface area contributed by atoms with E-state index in [0.29, 0.717) is 13.0 Å². The van der Waals surface area contributed by atoms with Crippen LogP contribution in [0.3, 0.4) is 0 Å². The van der Waals surface area contributed by atoms with Crippen molar-refractivity contribution in [3.8, 4) is 0 Å². The summed E-state index contributed by atoms with van der Waals surface area (Å²) in [6, 6.07) is -0.0535. The first-order chi connectivity index (χ1) is 6.65. The lowest BCUT2D eigenvalue weighted by Crippen LogP contribution is -2.20. The van der Waals surface area contributed by atoms with Crippen molar-refractivity contribution in [1.82, 2.24) is 14.9 Å². The number of nitrogens with one attached hydrogen (secondary N) is 1. The van der Waals surface area contributed by atoms with E-state index in [4.69, 9.17) is 5.73 Å². The molecular weight excluding hydrogens is 180 g/mol. The quantitative estimate of drug-likeness (QED) is 0.714. The summed E-state index contributed by atoms with van der Waals surface area (Å²) < 4.78 is 1.90. The molecule has 0 aliphatic carbocycles. The minimum atomic E-state index is -0.0535. The predicted octanol–water partition coefficient (Wildman–Crippen LogP) is 0.0389. The number of carbonyl (C=O) groups excluding carboxylic acids is 1. The van der Waals surface area contributed by atoms with Gasteiger partial charge in [-0.25, -0.2) is 4.98 Å². The minimum Gasteiger partial charge on any atom is -0.359 e. The SMILES string of the molecule is CNC(=O)CCn1cncc1C(C)N. The smallest absolute Gasteiger partial charge is 0.221 e. The van der Waals surface area contributed by atoms with Crippen LogP contribution < -0.4 is 11.1 Å². The van der Waals surface area contributed by atoms with Gasteiger partial charge in [0.15, 0.2) is 0 Å². The molecule has 0 fully saturated rings. The molecule has 1 atom stereocenters. The Kier molecular flexibility index (Phi) is 3.64. The van der Waals surface area contributed by atoms with Gasteiger partial charge in [-0.2, -0.15) is 0 Å². The number of amides is 1. The second-order valence-electron chi connectivity index (χ2n) is 3.22. The second kappa shape index (κ2) is 4.76. The van der Waals surface area contributed by atoms with E-state index < -0.39 is 0 Å². The first-order valence-corrected chi connectivity index (χ1v) is 4.61. The van der Waals surface area contributed by atoms with Crippen molar-refractivity contribution in [2.75, 3.05) is 7.05 Å². The molecule has 0 aromatic carbocycles. The van der Waals surface area contributed by atoms with E-state index in [9.17, 15) is 4.79 Å². The van der Waals surface area contributed by atoms with Gasteiger partial charge in [0.25, 0.3) is 0 Å². The molecule has 0 aliphatic rings. The lowest BCUT2D eigenvalue weighted by molar-refractivity contribution is -0.120. The number of nitrogens with two attached hydrogens (primary N) is 1. The van der Waals surface area contributed by atoms with Crippen LogP contribution in [0.25, 0.3) is 0 Å². The predicted molar refractivity (Wildman–Crippen MR) is 53.5 cm³/mol. The fourth-order valence-corrected chi connectivity index (χ4v) is 1.24. The van der Waals surface area contributed by atoms with Crippen molar-refractivity contribution < 1.29 is 4.79 Å². The number of hydrogen-bond acceptors (Lipinski definition) is 3. The number of aryl methyl sites for hydroxylation is 1. The molecule has 0 spiro atoms. The Morgan fingerprint density at radius 3 is 3.07 bits per heavy atom. The summed E-state index contributed by atoms with van der Waals surface area (Å²) >= 11 is 0. The van der Waals surface area contributed by atoms with Gasteiger partial charge >= 0.3 is 0 Å². The maximum Gasteiger partial charge on any atom is 0.221 e. The lowest BCUT2D eigenvalue weighted by Gasteiger charge is -2.09. The lowest BCUT2D eigenvalue weighted by atomic mass is 10.2. The summed E-state index contributed by atoms with van der Waals surface area (Å²) in [7, 11) is 1.63. The topological polar surface area (TPSA) is 72.9 Å². The first-order valence-electron chi connectivity index (χ1n) is 4.61. The number of imidazole rings is 1. The zero-order valence-electron chi connectivity index (χ0n) is 8.53. The summed E-state index contributed by atoms with van der Waals surface area (Å²) in [5.41, 5.74) is 6.69. The Hall–Kier alpha value is -1.36. The van der Waals surface area contributed by atoms with Crippen molar-refractivity contribution in [2.45, 2.75) is 25.9 Å². The molecule has 1 aromatic rings. The number of rotatable bonds is 4. The molecular formula is C9H16N4O. The average molecular weight is 196 g/mol. The van der Waals surface area contributed by atoms with Gasteiger partial charge in [0.1, 0.15) is 0 Å². The van der Waals surface area contributed by atoms with Gasteiger partial charge in [-0.1, -0.05) is 0 Å². The summed E-state index contributed by atoms with van der Waals surface area (Å²) in [6.45, 7) is 2.52. The largest absolute Gasteiger partial charge is 0.359 e. The van der Waals surface area contributed by atoms with Gasteiger partial charge in [-0.3, -0.25) is 4.79 Å². The molecule has 1 unspecified atom stereocenters. The summed E-state index contributed by atoms with van der Waals surface area (Å²) in [4.78, 5) is 15.0. The Labute approximate surface area is 83.3 Å². The van der Waals surface area contributed by atoms with Gasteiger partial charge in [0.05, 0.1) is 12.0 Å². The van der Waals surface area contributed by atoms with E-state index in [2.05, 4.69) is 10.3 Å². The van der Waals surface area contributed by atoms with E-state index in [-0.39, 0.29) is 11.9 Å². The third-order valence-electron chi connectivity index (χ3n) is 2.07. The average Bonchev–Trinajstić information content (AvgIpc) is 2.62. The second-order valence-corrected chi connectivity index (χ2v) is 3.22. The van der Waals surface area contributed by atoms with Crippen molar-refractivity contribution in [3.63, 3.8) is 0 Å². The van der Waals surface area contributed by atoms with E-state index in [0.717, 1.165) is 5.69 Å². The molecule has 5 heteroatoms. The summed E-state index contributed by atoms with van der Waals surface area (Å²) in [6.07, 6.45) is 3.88. The summed E-state index contributed by atoms with van der Waals surface area (Å²) in [5, 5.41) is 2.57. The number of hydrogen-bond donors (Lipinski definition) is 2. The molecule has 1 heterocycles. The van der Waals surface area contributed by atoms with Crippen LogP contribution in [0.15, 0.2) is 12.5 Å². The van der Waals surface area contributed by atoms with Crippen LogP contribution in [-0.2, 0) is 11.3 Å². The van der Waals surface area contributed by atoms with Crippen molar-refractivity contribution in [3.05, 3.63) is 18.2 Å². The van der Waals surface area contributed by atoms with Crippen molar-refractivity contribution in [1.29, 1.82) is 0 Å². The van der Waals surface area contributed by atoms with E-state index >= 15 is 0 Å². The molecule has 1 rings (SSSR count). The zero-order valence-corrected chi connectivity index (χ0v) is 8.53. The molecule has 0 saturated carbocycles. The van der Waals surface area contributed by atoms with Crippen molar-refractivity contribution in [2.24, 2.45) is 5.73 Å². The molecule has 0 radical (unpaired) electrons. The van der Waals surface area contributed by atoms with Crippen LogP contribution in [0.4, 0.5) is 0 Å². The third-order valence-corrected chi connectivity index (χ3v) is 2.07. The molecule has 0 aliphatic heterocycles. The maximum absolute atomic E-state index is 11.0. The van der Waals surface area contributed by atoms with Crippen molar-refractivity contribution >= 4 is 5.91 Å². The third kappa shape index (κ3) is 2.56. The summed E-state index contributed by atoms with van der Waals surface area (Å²) in [5.74, 6) is 0.0225. The Bertz CT molecular complexity index is 306. The number of aromatic nitrogens is 2. The van der Waals surface area contributed by atoms with Crippen LogP contribution in [0.1, 0.15) is 25.1 Å². The Morgan fingerprint density at radius 1 is 1.79 bits per heavy atom. The molecule has 1 amide bonds. The van der Waals surface area contributed by atoms with Crippen LogP contribution >= 0.6 is 0 Å². The first kappa shape index (κ1) is 10.7.